The molecule has 1 aliphatic carbocycles. The van der Waals surface area contributed by atoms with Gasteiger partial charge in [0.2, 0.25) is 0 Å². The van der Waals surface area contributed by atoms with Crippen LogP contribution in [0.2, 0.25) is 0 Å². The lowest BCUT2D eigenvalue weighted by Crippen LogP contribution is -2.19. The number of nitrogens with one attached hydrogen (secondary N) is 2. The molecule has 0 bridgehead atoms. The minimum Gasteiger partial charge on any atom is -0.385 e. The maximum Gasteiger partial charge on any atom is 0.135 e. The van der Waals surface area contributed by atoms with Crippen molar-refractivity contribution in [3.05, 3.63) is 11.9 Å². The molecule has 0 radical (unpaired) electrons. The summed E-state index contributed by atoms with van der Waals surface area (Å²) in [6, 6.07) is 0. The summed E-state index contributed by atoms with van der Waals surface area (Å²) in [6.45, 7) is 6.14. The number of rotatable bonds is 8. The fraction of sp³-hybridized carbons (Fsp3) is 0.733. The van der Waals surface area contributed by atoms with Gasteiger partial charge in [-0.15, -0.1) is 0 Å². The van der Waals surface area contributed by atoms with E-state index < -0.39 is 0 Å². The highest BCUT2D eigenvalue weighted by molar-refractivity contribution is 5.58. The van der Waals surface area contributed by atoms with Crippen molar-refractivity contribution < 1.29 is 4.74 Å². The maximum atomic E-state index is 5.20. The lowest BCUT2D eigenvalue weighted by molar-refractivity contribution is 0.175. The average molecular weight is 278 g/mol. The number of nitrogens with zero attached hydrogens (tertiary/aromatic N) is 2. The van der Waals surface area contributed by atoms with Crippen molar-refractivity contribution >= 4 is 11.6 Å². The average Bonchev–Trinajstić information content (AvgIpc) is 3.22. The van der Waals surface area contributed by atoms with E-state index in [1.54, 1.807) is 13.4 Å². The summed E-state index contributed by atoms with van der Waals surface area (Å²) >= 11 is 0. The highest BCUT2D eigenvalue weighted by atomic mass is 16.5. The Morgan fingerprint density at radius 3 is 2.55 bits per heavy atom. The van der Waals surface area contributed by atoms with Gasteiger partial charge >= 0.3 is 0 Å². The summed E-state index contributed by atoms with van der Waals surface area (Å²) in [6.07, 6.45) is 5.31. The summed E-state index contributed by atoms with van der Waals surface area (Å²) in [7, 11) is 3.67. The Labute approximate surface area is 121 Å². The molecule has 5 nitrogen and oxygen atoms in total. The zero-order valence-corrected chi connectivity index (χ0v) is 13.0. The Morgan fingerprint density at radius 2 is 2.00 bits per heavy atom. The van der Waals surface area contributed by atoms with Gasteiger partial charge in [-0.3, -0.25) is 0 Å². The molecule has 1 fully saturated rings. The van der Waals surface area contributed by atoms with Crippen LogP contribution in [0.5, 0.6) is 0 Å². The smallest absolute Gasteiger partial charge is 0.135 e. The van der Waals surface area contributed by atoms with E-state index in [1.165, 1.54) is 12.8 Å². The minimum absolute atomic E-state index is 0.385. The van der Waals surface area contributed by atoms with Crippen molar-refractivity contribution in [2.75, 3.05) is 37.9 Å². The first kappa shape index (κ1) is 15.0. The molecule has 1 aromatic heterocycles. The first-order chi connectivity index (χ1) is 9.62. The molecule has 1 aliphatic rings. The van der Waals surface area contributed by atoms with E-state index in [9.17, 15) is 0 Å². The normalized spacial score (nSPS) is 16.2. The lowest BCUT2D eigenvalue weighted by atomic mass is 10.0. The minimum atomic E-state index is 0.385. The highest BCUT2D eigenvalue weighted by Gasteiger charge is 2.41. The predicted octanol–water partition coefficient (Wildman–Crippen LogP) is 2.87. The van der Waals surface area contributed by atoms with E-state index in [4.69, 9.17) is 4.74 Å². The highest BCUT2D eigenvalue weighted by Crippen LogP contribution is 2.48. The molecule has 2 rings (SSSR count). The molecule has 1 aromatic rings. The molecular weight excluding hydrogens is 252 g/mol. The SMILES string of the molecule is CNc1ncnc(NCC2(CCOC)CC2)c1C(C)C. The van der Waals surface area contributed by atoms with Crippen LogP contribution in [-0.2, 0) is 4.74 Å². The molecular formula is C15H26N4O. The van der Waals surface area contributed by atoms with Crippen LogP contribution in [0, 0.1) is 5.41 Å². The lowest BCUT2D eigenvalue weighted by Gasteiger charge is -2.20. The zero-order valence-electron chi connectivity index (χ0n) is 13.0. The van der Waals surface area contributed by atoms with E-state index >= 15 is 0 Å². The third kappa shape index (κ3) is 3.39. The summed E-state index contributed by atoms with van der Waals surface area (Å²) in [5.41, 5.74) is 1.58. The third-order valence-corrected chi connectivity index (χ3v) is 4.12. The van der Waals surface area contributed by atoms with Crippen molar-refractivity contribution in [3.63, 3.8) is 0 Å². The fourth-order valence-corrected chi connectivity index (χ4v) is 2.56. The van der Waals surface area contributed by atoms with Gasteiger partial charge in [-0.1, -0.05) is 13.8 Å². The second-order valence-electron chi connectivity index (χ2n) is 5.99. The van der Waals surface area contributed by atoms with Gasteiger partial charge in [0, 0.05) is 32.9 Å². The largest absolute Gasteiger partial charge is 0.385 e. The Kier molecular flexibility index (Phi) is 4.81. The first-order valence-electron chi connectivity index (χ1n) is 7.37. The molecule has 0 amide bonds. The number of aromatic nitrogens is 2. The summed E-state index contributed by atoms with van der Waals surface area (Å²) in [5, 5.41) is 6.69. The van der Waals surface area contributed by atoms with Crippen LogP contribution in [0.3, 0.4) is 0 Å². The standard InChI is InChI=1S/C15H26N4O/c1-11(2)12-13(16-3)18-10-19-14(12)17-9-15(5-6-15)7-8-20-4/h10-11H,5-9H2,1-4H3,(H2,16,17,18,19). The van der Waals surface area contributed by atoms with Crippen LogP contribution in [0.25, 0.3) is 0 Å². The van der Waals surface area contributed by atoms with Crippen molar-refractivity contribution in [2.45, 2.75) is 39.0 Å². The second-order valence-corrected chi connectivity index (χ2v) is 5.99. The fourth-order valence-electron chi connectivity index (χ4n) is 2.56. The van der Waals surface area contributed by atoms with Crippen LogP contribution >= 0.6 is 0 Å². The quantitative estimate of drug-likeness (QED) is 0.765. The van der Waals surface area contributed by atoms with Gasteiger partial charge in [-0.2, -0.15) is 0 Å². The van der Waals surface area contributed by atoms with Crippen LogP contribution in [0.1, 0.15) is 44.6 Å². The molecule has 0 unspecified atom stereocenters. The predicted molar refractivity (Wildman–Crippen MR) is 82.3 cm³/mol. The van der Waals surface area contributed by atoms with Crippen molar-refractivity contribution in [1.82, 2.24) is 9.97 Å². The van der Waals surface area contributed by atoms with Gasteiger partial charge in [-0.25, -0.2) is 9.97 Å². The van der Waals surface area contributed by atoms with E-state index in [1.807, 2.05) is 7.05 Å². The number of anilines is 2. The molecule has 20 heavy (non-hydrogen) atoms. The Morgan fingerprint density at radius 1 is 1.30 bits per heavy atom. The Balaban J connectivity index is 2.06. The van der Waals surface area contributed by atoms with Crippen molar-refractivity contribution in [1.29, 1.82) is 0 Å². The van der Waals surface area contributed by atoms with Crippen molar-refractivity contribution in [3.8, 4) is 0 Å². The molecule has 2 N–H and O–H groups in total. The van der Waals surface area contributed by atoms with E-state index in [0.29, 0.717) is 11.3 Å². The van der Waals surface area contributed by atoms with Crippen LogP contribution in [0.15, 0.2) is 6.33 Å². The van der Waals surface area contributed by atoms with E-state index in [2.05, 4.69) is 34.4 Å². The maximum absolute atomic E-state index is 5.20. The summed E-state index contributed by atoms with van der Waals surface area (Å²) in [4.78, 5) is 8.73. The van der Waals surface area contributed by atoms with Crippen LogP contribution in [-0.4, -0.2) is 37.3 Å². The zero-order chi connectivity index (χ0) is 14.6. The molecule has 1 heterocycles. The first-order valence-corrected chi connectivity index (χ1v) is 7.37. The molecule has 0 saturated heterocycles. The molecule has 5 heteroatoms. The Hall–Kier alpha value is -1.36. The molecule has 112 valence electrons. The second kappa shape index (κ2) is 6.39. The summed E-state index contributed by atoms with van der Waals surface area (Å²) in [5.74, 6) is 2.26. The van der Waals surface area contributed by atoms with Gasteiger partial charge in [0.05, 0.1) is 0 Å². The molecule has 0 aliphatic heterocycles. The van der Waals surface area contributed by atoms with Gasteiger partial charge in [-0.05, 0) is 30.6 Å². The van der Waals surface area contributed by atoms with E-state index in [0.717, 1.165) is 36.8 Å². The number of hydrogen-bond acceptors (Lipinski definition) is 5. The van der Waals surface area contributed by atoms with Gasteiger partial charge in [0.1, 0.15) is 18.0 Å². The van der Waals surface area contributed by atoms with Gasteiger partial charge in [0.15, 0.2) is 0 Å². The summed E-state index contributed by atoms with van der Waals surface area (Å²) < 4.78 is 5.20. The van der Waals surface area contributed by atoms with Crippen LogP contribution < -0.4 is 10.6 Å². The van der Waals surface area contributed by atoms with Crippen LogP contribution in [0.4, 0.5) is 11.6 Å². The number of hydrogen-bond donors (Lipinski definition) is 2. The molecule has 0 aromatic carbocycles. The number of methoxy groups -OCH3 is 1. The van der Waals surface area contributed by atoms with Gasteiger partial charge < -0.3 is 15.4 Å². The third-order valence-electron chi connectivity index (χ3n) is 4.12. The Bertz CT molecular complexity index is 443. The molecule has 0 atom stereocenters. The number of ether oxygens (including phenoxy) is 1. The van der Waals surface area contributed by atoms with Gasteiger partial charge in [0.25, 0.3) is 0 Å². The van der Waals surface area contributed by atoms with E-state index in [-0.39, 0.29) is 0 Å². The topological polar surface area (TPSA) is 59.1 Å². The molecule has 0 spiro atoms. The van der Waals surface area contributed by atoms with Crippen molar-refractivity contribution in [2.24, 2.45) is 5.41 Å². The monoisotopic (exact) mass is 278 g/mol. The molecule has 1 saturated carbocycles.